The summed E-state index contributed by atoms with van der Waals surface area (Å²) in [5.41, 5.74) is 1.95. The van der Waals surface area contributed by atoms with Gasteiger partial charge in [-0.05, 0) is 24.0 Å². The van der Waals surface area contributed by atoms with Crippen molar-refractivity contribution >= 4 is 18.0 Å². The van der Waals surface area contributed by atoms with E-state index in [2.05, 4.69) is 10.1 Å². The molecular weight excluding hydrogens is 266 g/mol. The van der Waals surface area contributed by atoms with Crippen molar-refractivity contribution in [2.24, 2.45) is 0 Å². The van der Waals surface area contributed by atoms with E-state index in [1.165, 1.54) is 7.11 Å². The number of carbonyl (C=O) groups excluding carboxylic acids is 2. The fourth-order valence-electron chi connectivity index (χ4n) is 2.42. The molecular formula is C17H21NO3. The molecule has 0 saturated carbocycles. The number of benzene rings is 1. The van der Waals surface area contributed by atoms with Crippen LogP contribution in [0.3, 0.4) is 0 Å². The van der Waals surface area contributed by atoms with E-state index in [-0.39, 0.29) is 24.3 Å². The van der Waals surface area contributed by atoms with Crippen molar-refractivity contribution < 1.29 is 14.3 Å². The van der Waals surface area contributed by atoms with Crippen molar-refractivity contribution in [1.82, 2.24) is 5.32 Å². The van der Waals surface area contributed by atoms with Crippen LogP contribution in [0.1, 0.15) is 36.8 Å². The lowest BCUT2D eigenvalue weighted by Crippen LogP contribution is -2.30. The minimum absolute atomic E-state index is 0.101. The molecule has 21 heavy (non-hydrogen) atoms. The zero-order valence-electron chi connectivity index (χ0n) is 12.3. The second kappa shape index (κ2) is 7.62. The van der Waals surface area contributed by atoms with Crippen molar-refractivity contribution in [2.75, 3.05) is 7.11 Å². The lowest BCUT2D eigenvalue weighted by atomic mass is 10.1. The maximum atomic E-state index is 11.5. The van der Waals surface area contributed by atoms with Crippen molar-refractivity contribution in [1.29, 1.82) is 0 Å². The summed E-state index contributed by atoms with van der Waals surface area (Å²) in [4.78, 5) is 22.8. The Labute approximate surface area is 125 Å². The van der Waals surface area contributed by atoms with Gasteiger partial charge in [0.05, 0.1) is 13.5 Å². The van der Waals surface area contributed by atoms with Crippen LogP contribution in [0.15, 0.2) is 30.3 Å². The molecule has 1 fully saturated rings. The molecule has 0 radical (unpaired) electrons. The van der Waals surface area contributed by atoms with Gasteiger partial charge in [-0.2, -0.15) is 0 Å². The fourth-order valence-corrected chi connectivity index (χ4v) is 2.42. The van der Waals surface area contributed by atoms with Crippen LogP contribution in [0.5, 0.6) is 0 Å². The number of methoxy groups -OCH3 is 1. The maximum absolute atomic E-state index is 11.5. The van der Waals surface area contributed by atoms with E-state index in [0.717, 1.165) is 30.4 Å². The number of hydrogen-bond donors (Lipinski definition) is 1. The van der Waals surface area contributed by atoms with E-state index < -0.39 is 0 Å². The molecule has 1 unspecified atom stereocenters. The van der Waals surface area contributed by atoms with Crippen LogP contribution >= 0.6 is 0 Å². The molecule has 1 aliphatic rings. The monoisotopic (exact) mass is 287 g/mol. The number of hydrogen-bond acceptors (Lipinski definition) is 3. The topological polar surface area (TPSA) is 55.4 Å². The van der Waals surface area contributed by atoms with Gasteiger partial charge in [0.1, 0.15) is 0 Å². The number of ether oxygens (including phenoxy) is 1. The first-order chi connectivity index (χ1) is 10.2. The fraction of sp³-hybridized carbons (Fsp3) is 0.412. The predicted octanol–water partition coefficient (Wildman–Crippen LogP) is 2.47. The molecule has 1 aliphatic heterocycles. The Morgan fingerprint density at radius 2 is 2.29 bits per heavy atom. The van der Waals surface area contributed by atoms with Gasteiger partial charge in [-0.25, -0.2) is 0 Å². The first-order valence-corrected chi connectivity index (χ1v) is 7.30. The zero-order chi connectivity index (χ0) is 15.1. The maximum Gasteiger partial charge on any atom is 0.309 e. The number of rotatable bonds is 4. The molecule has 2 rings (SSSR count). The van der Waals surface area contributed by atoms with Crippen molar-refractivity contribution in [3.8, 4) is 0 Å². The van der Waals surface area contributed by atoms with Gasteiger partial charge in [0.2, 0.25) is 5.91 Å². The molecule has 1 atom stereocenters. The quantitative estimate of drug-likeness (QED) is 0.866. The first kappa shape index (κ1) is 15.3. The summed E-state index contributed by atoms with van der Waals surface area (Å²) in [5.74, 6) is -0.117. The van der Waals surface area contributed by atoms with E-state index in [4.69, 9.17) is 0 Å². The van der Waals surface area contributed by atoms with Gasteiger partial charge < -0.3 is 10.1 Å². The number of nitrogens with one attached hydrogen (secondary N) is 1. The van der Waals surface area contributed by atoms with E-state index in [9.17, 15) is 9.59 Å². The molecule has 4 heteroatoms. The summed E-state index contributed by atoms with van der Waals surface area (Å²) >= 11 is 0. The Balaban J connectivity index is 2.01. The summed E-state index contributed by atoms with van der Waals surface area (Å²) in [6, 6.07) is 7.87. The average molecular weight is 287 g/mol. The molecule has 4 nitrogen and oxygen atoms in total. The molecule has 0 aromatic heterocycles. The van der Waals surface area contributed by atoms with E-state index in [1.54, 1.807) is 0 Å². The SMILES string of the molecule is COC(=O)Cc1cccc(C=CC2CCCCC(=O)N2)c1. The summed E-state index contributed by atoms with van der Waals surface area (Å²) in [6.45, 7) is 0. The standard InChI is InChI=1S/C17H21NO3/c1-21-17(20)12-14-6-4-5-13(11-14)9-10-15-7-2-3-8-16(19)18-15/h4-6,9-11,15H,2-3,7-8,12H2,1H3,(H,18,19). The normalized spacial score (nSPS) is 19.1. The third-order valence-electron chi connectivity index (χ3n) is 3.56. The van der Waals surface area contributed by atoms with Gasteiger partial charge in [-0.3, -0.25) is 9.59 Å². The Bertz CT molecular complexity index is 537. The predicted molar refractivity (Wildman–Crippen MR) is 81.6 cm³/mol. The van der Waals surface area contributed by atoms with E-state index in [0.29, 0.717) is 6.42 Å². The van der Waals surface area contributed by atoms with Gasteiger partial charge >= 0.3 is 5.97 Å². The molecule has 1 heterocycles. The molecule has 0 aliphatic carbocycles. The second-order valence-corrected chi connectivity index (χ2v) is 5.28. The molecule has 1 aromatic carbocycles. The molecule has 1 saturated heterocycles. The van der Waals surface area contributed by atoms with Crippen LogP contribution in [-0.4, -0.2) is 25.0 Å². The molecule has 0 bridgehead atoms. The van der Waals surface area contributed by atoms with Crippen LogP contribution in [0.25, 0.3) is 6.08 Å². The van der Waals surface area contributed by atoms with Gasteiger partial charge in [0.25, 0.3) is 0 Å². The highest BCUT2D eigenvalue weighted by Crippen LogP contribution is 2.13. The van der Waals surface area contributed by atoms with Crippen LogP contribution in [0, 0.1) is 0 Å². The summed E-state index contributed by atoms with van der Waals surface area (Å²) in [7, 11) is 1.39. The largest absolute Gasteiger partial charge is 0.469 e. The van der Waals surface area contributed by atoms with Crippen LogP contribution in [0.4, 0.5) is 0 Å². The third kappa shape index (κ3) is 5.06. The second-order valence-electron chi connectivity index (χ2n) is 5.28. The van der Waals surface area contributed by atoms with Gasteiger partial charge in [0, 0.05) is 12.5 Å². The summed E-state index contributed by atoms with van der Waals surface area (Å²) in [5, 5.41) is 3.01. The Morgan fingerprint density at radius 3 is 3.10 bits per heavy atom. The van der Waals surface area contributed by atoms with Crippen molar-refractivity contribution in [2.45, 2.75) is 38.1 Å². The highest BCUT2D eigenvalue weighted by molar-refractivity contribution is 5.77. The van der Waals surface area contributed by atoms with Gasteiger partial charge in [-0.1, -0.05) is 42.8 Å². The molecule has 0 spiro atoms. The molecule has 1 amide bonds. The minimum Gasteiger partial charge on any atom is -0.469 e. The minimum atomic E-state index is -0.243. The van der Waals surface area contributed by atoms with Crippen molar-refractivity contribution in [3.05, 3.63) is 41.5 Å². The number of amides is 1. The molecule has 1 N–H and O–H groups in total. The van der Waals surface area contributed by atoms with Crippen molar-refractivity contribution in [3.63, 3.8) is 0 Å². The first-order valence-electron chi connectivity index (χ1n) is 7.30. The highest BCUT2D eigenvalue weighted by atomic mass is 16.5. The lowest BCUT2D eigenvalue weighted by molar-refractivity contribution is -0.139. The zero-order valence-corrected chi connectivity index (χ0v) is 12.3. The van der Waals surface area contributed by atoms with Crippen LogP contribution in [-0.2, 0) is 20.7 Å². The number of carbonyl (C=O) groups is 2. The Hall–Kier alpha value is -2.10. The lowest BCUT2D eigenvalue weighted by Gasteiger charge is -2.10. The third-order valence-corrected chi connectivity index (χ3v) is 3.56. The van der Waals surface area contributed by atoms with E-state index >= 15 is 0 Å². The Morgan fingerprint density at radius 1 is 1.43 bits per heavy atom. The van der Waals surface area contributed by atoms with Gasteiger partial charge in [0.15, 0.2) is 0 Å². The smallest absolute Gasteiger partial charge is 0.309 e. The highest BCUT2D eigenvalue weighted by Gasteiger charge is 2.13. The van der Waals surface area contributed by atoms with E-state index in [1.807, 2.05) is 36.4 Å². The Kier molecular flexibility index (Phi) is 5.55. The van der Waals surface area contributed by atoms with Gasteiger partial charge in [-0.15, -0.1) is 0 Å². The van der Waals surface area contributed by atoms with Crippen LogP contribution in [0.2, 0.25) is 0 Å². The number of esters is 1. The average Bonchev–Trinajstić information content (AvgIpc) is 2.69. The van der Waals surface area contributed by atoms with Crippen LogP contribution < -0.4 is 5.32 Å². The summed E-state index contributed by atoms with van der Waals surface area (Å²) in [6.07, 6.45) is 7.93. The summed E-state index contributed by atoms with van der Waals surface area (Å²) < 4.78 is 4.67. The molecule has 112 valence electrons. The molecule has 1 aromatic rings.